The molecule has 0 aromatic heterocycles. The molecular formula is C30H37NO4. The van der Waals surface area contributed by atoms with E-state index >= 15 is 0 Å². The van der Waals surface area contributed by atoms with E-state index in [1.54, 1.807) is 0 Å². The van der Waals surface area contributed by atoms with Gasteiger partial charge in [-0.2, -0.15) is 0 Å². The van der Waals surface area contributed by atoms with Crippen LogP contribution < -0.4 is 10.1 Å². The predicted molar refractivity (Wildman–Crippen MR) is 136 cm³/mol. The number of carbonyl (C=O) groups is 2. The molecule has 3 saturated carbocycles. The normalized spacial score (nSPS) is 25.9. The summed E-state index contributed by atoms with van der Waals surface area (Å²) >= 11 is 0. The van der Waals surface area contributed by atoms with Crippen LogP contribution in [0.5, 0.6) is 5.75 Å². The molecule has 5 rings (SSSR count). The van der Waals surface area contributed by atoms with E-state index in [0.717, 1.165) is 24.7 Å². The maximum absolute atomic E-state index is 12.4. The molecule has 3 atom stereocenters. The molecule has 3 fully saturated rings. The number of fused-ring (bicyclic) bond motifs is 2. The summed E-state index contributed by atoms with van der Waals surface area (Å²) < 4.78 is 6.17. The van der Waals surface area contributed by atoms with E-state index < -0.39 is 5.97 Å². The lowest BCUT2D eigenvalue weighted by Crippen LogP contribution is -2.34. The fourth-order valence-corrected chi connectivity index (χ4v) is 6.92. The van der Waals surface area contributed by atoms with Gasteiger partial charge in [-0.15, -0.1) is 0 Å². The second-order valence-electron chi connectivity index (χ2n) is 10.9. The molecule has 5 heteroatoms. The van der Waals surface area contributed by atoms with Crippen LogP contribution in [0.4, 0.5) is 0 Å². The Labute approximate surface area is 208 Å². The first-order chi connectivity index (χ1) is 17.0. The van der Waals surface area contributed by atoms with E-state index in [1.807, 2.05) is 12.1 Å². The van der Waals surface area contributed by atoms with Gasteiger partial charge in [-0.1, -0.05) is 49.9 Å². The summed E-state index contributed by atoms with van der Waals surface area (Å²) in [6.45, 7) is 0.962. The third-order valence-corrected chi connectivity index (χ3v) is 8.72. The van der Waals surface area contributed by atoms with E-state index in [4.69, 9.17) is 9.84 Å². The number of carbonyl (C=O) groups excluding carboxylic acids is 1. The molecule has 1 amide bonds. The molecule has 5 nitrogen and oxygen atoms in total. The van der Waals surface area contributed by atoms with Crippen molar-refractivity contribution in [2.75, 3.05) is 13.2 Å². The molecule has 0 heterocycles. The van der Waals surface area contributed by atoms with Crippen molar-refractivity contribution in [3.05, 3.63) is 65.2 Å². The third kappa shape index (κ3) is 5.10. The minimum atomic E-state index is -0.913. The first-order valence-electron chi connectivity index (χ1n) is 13.4. The molecule has 0 saturated heterocycles. The maximum Gasteiger partial charge on any atom is 0.305 e. The summed E-state index contributed by atoms with van der Waals surface area (Å²) in [7, 11) is 0. The zero-order valence-corrected chi connectivity index (χ0v) is 20.5. The van der Waals surface area contributed by atoms with Crippen LogP contribution in [0.15, 0.2) is 48.5 Å². The fourth-order valence-electron chi connectivity index (χ4n) is 6.92. The summed E-state index contributed by atoms with van der Waals surface area (Å²) in [5.41, 5.74) is 3.20. The van der Waals surface area contributed by atoms with Crippen molar-refractivity contribution in [1.82, 2.24) is 5.32 Å². The SMILES string of the molecule is O=C(O)CCNC(=O)c1ccc(C2(c3ccc(OCC4CCCCC4)cc3)CC3CCC2C3)cc1. The monoisotopic (exact) mass is 475 g/mol. The van der Waals surface area contributed by atoms with Gasteiger partial charge in [-0.3, -0.25) is 9.59 Å². The highest BCUT2D eigenvalue weighted by molar-refractivity contribution is 5.94. The number of hydrogen-bond donors (Lipinski definition) is 2. The van der Waals surface area contributed by atoms with Gasteiger partial charge in [0.25, 0.3) is 5.91 Å². The predicted octanol–water partition coefficient (Wildman–Crippen LogP) is 5.96. The number of nitrogens with one attached hydrogen (secondary N) is 1. The van der Waals surface area contributed by atoms with Crippen molar-refractivity contribution in [3.63, 3.8) is 0 Å². The third-order valence-electron chi connectivity index (χ3n) is 8.72. The van der Waals surface area contributed by atoms with Gasteiger partial charge in [0.2, 0.25) is 0 Å². The van der Waals surface area contributed by atoms with Crippen molar-refractivity contribution >= 4 is 11.9 Å². The molecule has 186 valence electrons. The van der Waals surface area contributed by atoms with Crippen LogP contribution in [-0.2, 0) is 10.2 Å². The van der Waals surface area contributed by atoms with Gasteiger partial charge in [-0.05, 0) is 85.3 Å². The number of amides is 1. The Morgan fingerprint density at radius 3 is 2.20 bits per heavy atom. The highest BCUT2D eigenvalue weighted by atomic mass is 16.5. The van der Waals surface area contributed by atoms with Gasteiger partial charge in [0, 0.05) is 17.5 Å². The summed E-state index contributed by atoms with van der Waals surface area (Å²) in [6.07, 6.45) is 11.5. The molecular weight excluding hydrogens is 438 g/mol. The quantitative estimate of drug-likeness (QED) is 0.469. The highest BCUT2D eigenvalue weighted by Crippen LogP contribution is 2.60. The Balaban J connectivity index is 1.32. The fraction of sp³-hybridized carbons (Fsp3) is 0.533. The number of rotatable bonds is 9. The van der Waals surface area contributed by atoms with E-state index in [-0.39, 0.29) is 24.3 Å². The highest BCUT2D eigenvalue weighted by Gasteiger charge is 2.52. The van der Waals surface area contributed by atoms with Crippen LogP contribution >= 0.6 is 0 Å². The molecule has 0 radical (unpaired) electrons. The van der Waals surface area contributed by atoms with Gasteiger partial charge >= 0.3 is 5.97 Å². The Bertz CT molecular complexity index is 1030. The number of benzene rings is 2. The van der Waals surface area contributed by atoms with E-state index in [1.165, 1.54) is 62.5 Å². The summed E-state index contributed by atoms with van der Waals surface area (Å²) in [4.78, 5) is 23.1. The van der Waals surface area contributed by atoms with E-state index in [9.17, 15) is 9.59 Å². The van der Waals surface area contributed by atoms with Crippen LogP contribution in [0.2, 0.25) is 0 Å². The average molecular weight is 476 g/mol. The molecule has 2 aromatic carbocycles. The average Bonchev–Trinajstić information content (AvgIpc) is 3.51. The zero-order chi connectivity index (χ0) is 24.3. The molecule has 3 unspecified atom stereocenters. The topological polar surface area (TPSA) is 75.6 Å². The van der Waals surface area contributed by atoms with Gasteiger partial charge in [0.15, 0.2) is 0 Å². The molecule has 2 bridgehead atoms. The van der Waals surface area contributed by atoms with Crippen LogP contribution in [0, 0.1) is 17.8 Å². The van der Waals surface area contributed by atoms with Gasteiger partial charge in [-0.25, -0.2) is 0 Å². The van der Waals surface area contributed by atoms with Crippen LogP contribution in [-0.4, -0.2) is 30.1 Å². The van der Waals surface area contributed by atoms with Crippen LogP contribution in [0.25, 0.3) is 0 Å². The van der Waals surface area contributed by atoms with Crippen molar-refractivity contribution in [2.45, 2.75) is 69.6 Å². The maximum atomic E-state index is 12.4. The largest absolute Gasteiger partial charge is 0.493 e. The number of carboxylic acids is 1. The number of carboxylic acid groups (broad SMARTS) is 1. The molecule has 2 N–H and O–H groups in total. The summed E-state index contributed by atoms with van der Waals surface area (Å²) in [5, 5.41) is 11.5. The number of ether oxygens (including phenoxy) is 1. The van der Waals surface area contributed by atoms with Crippen molar-refractivity contribution in [1.29, 1.82) is 0 Å². The Morgan fingerprint density at radius 2 is 1.60 bits per heavy atom. The Kier molecular flexibility index (Phi) is 7.12. The first-order valence-corrected chi connectivity index (χ1v) is 13.4. The van der Waals surface area contributed by atoms with Crippen molar-refractivity contribution < 1.29 is 19.4 Å². The number of hydrogen-bond acceptors (Lipinski definition) is 3. The lowest BCUT2D eigenvalue weighted by Gasteiger charge is -2.39. The Morgan fingerprint density at radius 1 is 0.914 bits per heavy atom. The van der Waals surface area contributed by atoms with E-state index in [0.29, 0.717) is 17.4 Å². The molecule has 2 aromatic rings. The minimum absolute atomic E-state index is 0.0108. The molecule has 3 aliphatic carbocycles. The Hall–Kier alpha value is -2.82. The molecule has 3 aliphatic rings. The lowest BCUT2D eigenvalue weighted by molar-refractivity contribution is -0.136. The second kappa shape index (κ2) is 10.4. The lowest BCUT2D eigenvalue weighted by atomic mass is 9.64. The van der Waals surface area contributed by atoms with Gasteiger partial charge < -0.3 is 15.2 Å². The molecule has 0 aliphatic heterocycles. The van der Waals surface area contributed by atoms with Crippen molar-refractivity contribution in [3.8, 4) is 5.75 Å². The zero-order valence-electron chi connectivity index (χ0n) is 20.5. The van der Waals surface area contributed by atoms with Gasteiger partial charge in [0.1, 0.15) is 5.75 Å². The smallest absolute Gasteiger partial charge is 0.305 e. The minimum Gasteiger partial charge on any atom is -0.493 e. The van der Waals surface area contributed by atoms with Crippen LogP contribution in [0.1, 0.15) is 85.7 Å². The standard InChI is InChI=1S/C30H37NO4/c32-28(33)16-17-31-29(34)23-7-10-24(11-8-23)30(19-22-6-9-26(30)18-22)25-12-14-27(15-13-25)35-20-21-4-2-1-3-5-21/h7-8,10-15,21-22,26H,1-6,9,16-20H2,(H,31,34)(H,32,33). The number of aliphatic carboxylic acids is 1. The molecule has 0 spiro atoms. The second-order valence-corrected chi connectivity index (χ2v) is 10.9. The van der Waals surface area contributed by atoms with E-state index in [2.05, 4.69) is 41.7 Å². The van der Waals surface area contributed by atoms with Crippen molar-refractivity contribution in [2.24, 2.45) is 17.8 Å². The summed E-state index contributed by atoms with van der Waals surface area (Å²) in [5.74, 6) is 1.91. The van der Waals surface area contributed by atoms with Crippen LogP contribution in [0.3, 0.4) is 0 Å². The summed E-state index contributed by atoms with van der Waals surface area (Å²) in [6, 6.07) is 16.8. The molecule has 35 heavy (non-hydrogen) atoms. The first kappa shape index (κ1) is 23.9. The van der Waals surface area contributed by atoms with Gasteiger partial charge in [0.05, 0.1) is 13.0 Å².